The Hall–Kier alpha value is -1.54. The highest BCUT2D eigenvalue weighted by Crippen LogP contribution is 2.21. The zero-order valence-corrected chi connectivity index (χ0v) is 14.5. The highest BCUT2D eigenvalue weighted by atomic mass is 35.5. The first-order chi connectivity index (χ1) is 10.9. The quantitative estimate of drug-likeness (QED) is 0.808. The van der Waals surface area contributed by atoms with E-state index in [1.54, 1.807) is 24.3 Å². The van der Waals surface area contributed by atoms with Crippen molar-refractivity contribution in [3.8, 4) is 0 Å². The van der Waals surface area contributed by atoms with Crippen LogP contribution in [0.25, 0.3) is 0 Å². The van der Waals surface area contributed by atoms with Crippen molar-refractivity contribution >= 4 is 22.4 Å². The maximum absolute atomic E-state index is 13.4. The van der Waals surface area contributed by atoms with Gasteiger partial charge in [-0.05, 0) is 30.7 Å². The third-order valence-corrected chi connectivity index (χ3v) is 5.11. The van der Waals surface area contributed by atoms with Crippen molar-refractivity contribution in [3.05, 3.63) is 65.7 Å². The van der Waals surface area contributed by atoms with Gasteiger partial charge in [-0.3, -0.25) is 0 Å². The summed E-state index contributed by atoms with van der Waals surface area (Å²) in [6.07, 6.45) is 0.448. The van der Waals surface area contributed by atoms with Crippen molar-refractivity contribution in [1.82, 2.24) is 4.31 Å². The van der Waals surface area contributed by atoms with Crippen LogP contribution in [0.2, 0.25) is 0 Å². The van der Waals surface area contributed by atoms with Crippen LogP contribution in [0.1, 0.15) is 12.0 Å². The maximum atomic E-state index is 13.4. The Bertz CT molecular complexity index is 738. The fourth-order valence-electron chi connectivity index (χ4n) is 2.17. The molecule has 0 aromatic heterocycles. The molecule has 0 radical (unpaired) electrons. The van der Waals surface area contributed by atoms with E-state index in [1.165, 1.54) is 4.31 Å². The Morgan fingerprint density at radius 2 is 1.58 bits per heavy atom. The molecule has 2 aromatic carbocycles. The monoisotopic (exact) mass is 376 g/mol. The van der Waals surface area contributed by atoms with Crippen molar-refractivity contribution in [2.75, 3.05) is 13.1 Å². The zero-order valence-electron chi connectivity index (χ0n) is 12.9. The van der Waals surface area contributed by atoms with Crippen molar-refractivity contribution in [3.63, 3.8) is 0 Å². The first-order valence-electron chi connectivity index (χ1n) is 7.13. The van der Waals surface area contributed by atoms with Crippen LogP contribution in [0.15, 0.2) is 53.4 Å². The summed E-state index contributed by atoms with van der Waals surface area (Å²) in [5.74, 6) is -1.86. The van der Waals surface area contributed by atoms with Gasteiger partial charge in [0.05, 0.1) is 4.90 Å². The van der Waals surface area contributed by atoms with Crippen LogP contribution < -0.4 is 5.73 Å². The van der Waals surface area contributed by atoms with Crippen molar-refractivity contribution in [1.29, 1.82) is 0 Å². The molecule has 4 nitrogen and oxygen atoms in total. The van der Waals surface area contributed by atoms with Crippen LogP contribution in [0, 0.1) is 11.6 Å². The van der Waals surface area contributed by atoms with Gasteiger partial charge in [0, 0.05) is 19.2 Å². The van der Waals surface area contributed by atoms with Gasteiger partial charge in [0.25, 0.3) is 0 Å². The smallest absolute Gasteiger partial charge is 0.243 e. The molecule has 0 aliphatic rings. The van der Waals surface area contributed by atoms with E-state index in [0.29, 0.717) is 19.0 Å². The van der Waals surface area contributed by atoms with Crippen molar-refractivity contribution < 1.29 is 17.2 Å². The second-order valence-corrected chi connectivity index (χ2v) is 7.01. The SMILES string of the molecule is Cl.NCCCN(Cc1ccccc1)S(=O)(=O)c1cc(F)cc(F)c1. The van der Waals surface area contributed by atoms with Gasteiger partial charge in [0.15, 0.2) is 0 Å². The van der Waals surface area contributed by atoms with Crippen LogP contribution in [0.5, 0.6) is 0 Å². The highest BCUT2D eigenvalue weighted by molar-refractivity contribution is 7.89. The predicted octanol–water partition coefficient (Wildman–Crippen LogP) is 2.93. The van der Waals surface area contributed by atoms with Crippen LogP contribution in [0.3, 0.4) is 0 Å². The van der Waals surface area contributed by atoms with E-state index >= 15 is 0 Å². The second-order valence-electron chi connectivity index (χ2n) is 5.07. The van der Waals surface area contributed by atoms with Gasteiger partial charge < -0.3 is 5.73 Å². The van der Waals surface area contributed by atoms with E-state index in [2.05, 4.69) is 0 Å². The number of sulfonamides is 1. The second kappa shape index (κ2) is 9.08. The van der Waals surface area contributed by atoms with Crippen LogP contribution in [-0.4, -0.2) is 25.8 Å². The minimum absolute atomic E-state index is 0. The molecule has 0 amide bonds. The minimum atomic E-state index is -4.02. The topological polar surface area (TPSA) is 63.4 Å². The molecule has 0 fully saturated rings. The molecule has 24 heavy (non-hydrogen) atoms. The molecular weight excluding hydrogens is 358 g/mol. The molecular formula is C16H19ClF2N2O2S. The summed E-state index contributed by atoms with van der Waals surface area (Å²) >= 11 is 0. The number of hydrogen-bond donors (Lipinski definition) is 1. The maximum Gasteiger partial charge on any atom is 0.243 e. The lowest BCUT2D eigenvalue weighted by atomic mass is 10.2. The first-order valence-corrected chi connectivity index (χ1v) is 8.58. The Morgan fingerprint density at radius 1 is 1.00 bits per heavy atom. The number of nitrogens with two attached hydrogens (primary N) is 1. The van der Waals surface area contributed by atoms with E-state index in [4.69, 9.17) is 5.73 Å². The van der Waals surface area contributed by atoms with Gasteiger partial charge in [-0.1, -0.05) is 30.3 Å². The first kappa shape index (κ1) is 20.5. The standard InChI is InChI=1S/C16H18F2N2O2S.ClH/c17-14-9-15(18)11-16(10-14)23(21,22)20(8-4-7-19)12-13-5-2-1-3-6-13;/h1-3,5-6,9-11H,4,7-8,12,19H2;1H. The molecule has 2 N–H and O–H groups in total. The van der Waals surface area contributed by atoms with Crippen molar-refractivity contribution in [2.45, 2.75) is 17.9 Å². The molecule has 0 bridgehead atoms. The van der Waals surface area contributed by atoms with Gasteiger partial charge in [0.1, 0.15) is 11.6 Å². The molecule has 0 spiro atoms. The molecule has 0 saturated heterocycles. The summed E-state index contributed by atoms with van der Waals surface area (Å²) < 4.78 is 53.3. The fraction of sp³-hybridized carbons (Fsp3) is 0.250. The van der Waals surface area contributed by atoms with Gasteiger partial charge in [0.2, 0.25) is 10.0 Å². The van der Waals surface area contributed by atoms with Crippen LogP contribution >= 0.6 is 12.4 Å². The van der Waals surface area contributed by atoms with Gasteiger partial charge in [-0.25, -0.2) is 17.2 Å². The fourth-order valence-corrected chi connectivity index (χ4v) is 3.68. The molecule has 0 heterocycles. The van der Waals surface area contributed by atoms with Crippen LogP contribution in [-0.2, 0) is 16.6 Å². The molecule has 2 rings (SSSR count). The molecule has 0 atom stereocenters. The summed E-state index contributed by atoms with van der Waals surface area (Å²) in [4.78, 5) is -0.400. The van der Waals surface area contributed by atoms with E-state index in [1.807, 2.05) is 6.07 Å². The largest absolute Gasteiger partial charge is 0.330 e. The molecule has 0 aliphatic heterocycles. The lowest BCUT2D eigenvalue weighted by Crippen LogP contribution is -2.32. The Morgan fingerprint density at radius 3 is 2.12 bits per heavy atom. The van der Waals surface area contributed by atoms with Gasteiger partial charge in [-0.15, -0.1) is 12.4 Å². The summed E-state index contributed by atoms with van der Waals surface area (Å²) in [7, 11) is -4.02. The number of hydrogen-bond acceptors (Lipinski definition) is 3. The molecule has 0 aliphatic carbocycles. The number of benzene rings is 2. The molecule has 8 heteroatoms. The van der Waals surface area contributed by atoms with E-state index in [-0.39, 0.29) is 25.5 Å². The molecule has 132 valence electrons. The number of nitrogens with zero attached hydrogens (tertiary/aromatic N) is 1. The Balaban J connectivity index is 0.00000288. The zero-order chi connectivity index (χ0) is 16.9. The normalized spacial score (nSPS) is 11.3. The third kappa shape index (κ3) is 5.24. The van der Waals surface area contributed by atoms with E-state index < -0.39 is 26.6 Å². The summed E-state index contributed by atoms with van der Waals surface area (Å²) in [6, 6.07) is 11.3. The lowest BCUT2D eigenvalue weighted by molar-refractivity contribution is 0.401. The van der Waals surface area contributed by atoms with E-state index in [9.17, 15) is 17.2 Å². The number of halogens is 3. The number of rotatable bonds is 7. The summed E-state index contributed by atoms with van der Waals surface area (Å²) in [5.41, 5.74) is 6.24. The Kier molecular flexibility index (Phi) is 7.75. The molecule has 2 aromatic rings. The summed E-state index contributed by atoms with van der Waals surface area (Å²) in [5, 5.41) is 0. The highest BCUT2D eigenvalue weighted by Gasteiger charge is 2.25. The predicted molar refractivity (Wildman–Crippen MR) is 91.3 cm³/mol. The van der Waals surface area contributed by atoms with Gasteiger partial charge in [-0.2, -0.15) is 4.31 Å². The minimum Gasteiger partial charge on any atom is -0.330 e. The summed E-state index contributed by atoms with van der Waals surface area (Å²) in [6.45, 7) is 0.603. The third-order valence-electron chi connectivity index (χ3n) is 3.29. The molecule has 0 unspecified atom stereocenters. The molecule has 0 saturated carbocycles. The average molecular weight is 377 g/mol. The lowest BCUT2D eigenvalue weighted by Gasteiger charge is -2.22. The van der Waals surface area contributed by atoms with Gasteiger partial charge >= 0.3 is 0 Å². The Labute approximate surface area is 146 Å². The average Bonchev–Trinajstić information content (AvgIpc) is 2.51. The van der Waals surface area contributed by atoms with Crippen LogP contribution in [0.4, 0.5) is 8.78 Å². The van der Waals surface area contributed by atoms with E-state index in [0.717, 1.165) is 17.7 Å². The van der Waals surface area contributed by atoms with Crippen molar-refractivity contribution in [2.24, 2.45) is 5.73 Å².